The molecule has 124 valence electrons. The zero-order valence-corrected chi connectivity index (χ0v) is 13.9. The van der Waals surface area contributed by atoms with Crippen molar-refractivity contribution < 1.29 is 15.0 Å². The molecular formula is C19H30O3. The summed E-state index contributed by atoms with van der Waals surface area (Å²) in [5.74, 6) is 2.01. The lowest BCUT2D eigenvalue weighted by molar-refractivity contribution is -0.142. The molecule has 0 amide bonds. The Morgan fingerprint density at radius 3 is 2.45 bits per heavy atom. The molecule has 4 aliphatic carbocycles. The quantitative estimate of drug-likeness (QED) is 0.776. The van der Waals surface area contributed by atoms with Gasteiger partial charge < -0.3 is 10.2 Å². The topological polar surface area (TPSA) is 57.5 Å². The van der Waals surface area contributed by atoms with Crippen LogP contribution in [0.25, 0.3) is 0 Å². The van der Waals surface area contributed by atoms with Crippen LogP contribution in [-0.2, 0) is 4.79 Å². The molecule has 0 aromatic carbocycles. The van der Waals surface area contributed by atoms with E-state index < -0.39 is 5.97 Å². The van der Waals surface area contributed by atoms with Crippen LogP contribution in [0.1, 0.15) is 65.2 Å². The number of rotatable bonds is 1. The maximum atomic E-state index is 11.5. The molecule has 0 saturated heterocycles. The van der Waals surface area contributed by atoms with Gasteiger partial charge in [-0.05, 0) is 85.9 Å². The van der Waals surface area contributed by atoms with Crippen LogP contribution in [0.5, 0.6) is 0 Å². The van der Waals surface area contributed by atoms with Crippen molar-refractivity contribution in [3.63, 3.8) is 0 Å². The van der Waals surface area contributed by atoms with Crippen molar-refractivity contribution in [2.45, 2.75) is 71.3 Å². The third-order valence-corrected chi connectivity index (χ3v) is 8.62. The molecule has 4 fully saturated rings. The lowest BCUT2D eigenvalue weighted by atomic mass is 9.48. The fourth-order valence-corrected chi connectivity index (χ4v) is 7.36. The van der Waals surface area contributed by atoms with Gasteiger partial charge in [-0.3, -0.25) is 4.79 Å². The van der Waals surface area contributed by atoms with Gasteiger partial charge in [0.1, 0.15) is 0 Å². The van der Waals surface area contributed by atoms with Crippen molar-refractivity contribution in [2.75, 3.05) is 0 Å². The number of carboxylic acids is 1. The summed E-state index contributed by atoms with van der Waals surface area (Å²) in [5.41, 5.74) is 0.371. The molecule has 4 aliphatic rings. The summed E-state index contributed by atoms with van der Waals surface area (Å²) in [6.45, 7) is 4.71. The molecule has 22 heavy (non-hydrogen) atoms. The highest BCUT2D eigenvalue weighted by atomic mass is 16.4. The van der Waals surface area contributed by atoms with Crippen LogP contribution in [-0.4, -0.2) is 22.3 Å². The summed E-state index contributed by atoms with van der Waals surface area (Å²) in [6, 6.07) is 0. The van der Waals surface area contributed by atoms with Gasteiger partial charge in [-0.1, -0.05) is 13.8 Å². The average molecular weight is 306 g/mol. The minimum Gasteiger partial charge on any atom is -0.481 e. The third-order valence-electron chi connectivity index (χ3n) is 8.62. The van der Waals surface area contributed by atoms with Gasteiger partial charge in [-0.2, -0.15) is 0 Å². The van der Waals surface area contributed by atoms with E-state index in [-0.39, 0.29) is 22.9 Å². The van der Waals surface area contributed by atoms with E-state index in [9.17, 15) is 15.0 Å². The molecule has 0 radical (unpaired) electrons. The number of hydrogen-bond donors (Lipinski definition) is 2. The average Bonchev–Trinajstić information content (AvgIpc) is 2.97. The minimum atomic E-state index is -0.580. The lowest BCUT2D eigenvalue weighted by Gasteiger charge is -2.57. The molecule has 4 saturated carbocycles. The second kappa shape index (κ2) is 4.72. The van der Waals surface area contributed by atoms with E-state index in [1.54, 1.807) is 0 Å². The summed E-state index contributed by atoms with van der Waals surface area (Å²) in [5, 5.41) is 19.9. The van der Waals surface area contributed by atoms with Gasteiger partial charge in [0.25, 0.3) is 0 Å². The van der Waals surface area contributed by atoms with E-state index in [2.05, 4.69) is 13.8 Å². The SMILES string of the molecule is CC12CCC3C(CCC4CC(C(=O)O)CC43C)C1CCC2O. The summed E-state index contributed by atoms with van der Waals surface area (Å²) in [6.07, 6.45) is 8.66. The molecule has 8 unspecified atom stereocenters. The van der Waals surface area contributed by atoms with Crippen molar-refractivity contribution in [2.24, 2.45) is 40.4 Å². The standard InChI is InChI=1S/C19H30O3/c1-18-8-7-15-13(14(18)5-6-16(18)20)4-3-12-9-11(17(21)22)10-19(12,15)2/h11-16,20H,3-10H2,1-2H3,(H,21,22). The highest BCUT2D eigenvalue weighted by Crippen LogP contribution is 2.67. The molecule has 0 spiro atoms. The van der Waals surface area contributed by atoms with Crippen molar-refractivity contribution in [3.8, 4) is 0 Å². The Bertz CT molecular complexity index is 489. The molecular weight excluding hydrogens is 276 g/mol. The predicted molar refractivity (Wildman–Crippen MR) is 84.2 cm³/mol. The molecule has 8 atom stereocenters. The monoisotopic (exact) mass is 306 g/mol. The van der Waals surface area contributed by atoms with Crippen LogP contribution in [0.15, 0.2) is 0 Å². The minimum absolute atomic E-state index is 0.112. The van der Waals surface area contributed by atoms with Gasteiger partial charge in [0, 0.05) is 0 Å². The van der Waals surface area contributed by atoms with Crippen LogP contribution in [0.3, 0.4) is 0 Å². The summed E-state index contributed by atoms with van der Waals surface area (Å²) < 4.78 is 0. The van der Waals surface area contributed by atoms with Crippen LogP contribution in [0, 0.1) is 40.4 Å². The first kappa shape index (κ1) is 15.0. The zero-order chi connectivity index (χ0) is 15.7. The lowest BCUT2D eigenvalue weighted by Crippen LogP contribution is -2.51. The summed E-state index contributed by atoms with van der Waals surface area (Å²) >= 11 is 0. The normalized spacial score (nSPS) is 57.0. The van der Waals surface area contributed by atoms with Gasteiger partial charge in [-0.25, -0.2) is 0 Å². The Balaban J connectivity index is 1.63. The van der Waals surface area contributed by atoms with E-state index in [1.165, 1.54) is 25.7 Å². The predicted octanol–water partition coefficient (Wildman–Crippen LogP) is 3.70. The number of carbonyl (C=O) groups is 1. The highest BCUT2D eigenvalue weighted by molar-refractivity contribution is 5.70. The van der Waals surface area contributed by atoms with E-state index in [4.69, 9.17) is 0 Å². The number of aliphatic carboxylic acids is 1. The van der Waals surface area contributed by atoms with Crippen molar-refractivity contribution in [3.05, 3.63) is 0 Å². The van der Waals surface area contributed by atoms with Gasteiger partial charge >= 0.3 is 5.97 Å². The molecule has 0 aromatic heterocycles. The Morgan fingerprint density at radius 2 is 1.73 bits per heavy atom. The van der Waals surface area contributed by atoms with E-state index >= 15 is 0 Å². The number of aliphatic hydroxyl groups excluding tert-OH is 1. The van der Waals surface area contributed by atoms with Gasteiger partial charge in [0.05, 0.1) is 12.0 Å². The largest absolute Gasteiger partial charge is 0.481 e. The summed E-state index contributed by atoms with van der Waals surface area (Å²) in [7, 11) is 0. The summed E-state index contributed by atoms with van der Waals surface area (Å²) in [4.78, 5) is 11.5. The van der Waals surface area contributed by atoms with E-state index in [0.29, 0.717) is 17.8 Å². The van der Waals surface area contributed by atoms with E-state index in [0.717, 1.165) is 31.6 Å². The van der Waals surface area contributed by atoms with Crippen LogP contribution in [0.2, 0.25) is 0 Å². The van der Waals surface area contributed by atoms with Gasteiger partial charge in [0.2, 0.25) is 0 Å². The first-order valence-electron chi connectivity index (χ1n) is 9.27. The molecule has 0 aromatic rings. The van der Waals surface area contributed by atoms with Gasteiger partial charge in [-0.15, -0.1) is 0 Å². The second-order valence-electron chi connectivity index (χ2n) is 9.27. The van der Waals surface area contributed by atoms with Crippen LogP contribution >= 0.6 is 0 Å². The first-order valence-corrected chi connectivity index (χ1v) is 9.27. The van der Waals surface area contributed by atoms with Crippen molar-refractivity contribution in [1.82, 2.24) is 0 Å². The fraction of sp³-hybridized carbons (Fsp3) is 0.947. The molecule has 0 bridgehead atoms. The Hall–Kier alpha value is -0.570. The molecule has 3 nitrogen and oxygen atoms in total. The highest BCUT2D eigenvalue weighted by Gasteiger charge is 2.61. The Kier molecular flexibility index (Phi) is 3.21. The maximum absolute atomic E-state index is 11.5. The number of fused-ring (bicyclic) bond motifs is 5. The molecule has 2 N–H and O–H groups in total. The van der Waals surface area contributed by atoms with E-state index in [1.807, 2.05) is 0 Å². The van der Waals surface area contributed by atoms with Crippen LogP contribution in [0.4, 0.5) is 0 Å². The third kappa shape index (κ3) is 1.81. The second-order valence-corrected chi connectivity index (χ2v) is 9.27. The smallest absolute Gasteiger partial charge is 0.306 e. The zero-order valence-electron chi connectivity index (χ0n) is 13.9. The van der Waals surface area contributed by atoms with Crippen molar-refractivity contribution in [1.29, 1.82) is 0 Å². The number of aliphatic hydroxyl groups is 1. The number of carboxylic acid groups (broad SMARTS) is 1. The first-order chi connectivity index (χ1) is 10.4. The van der Waals surface area contributed by atoms with Crippen LogP contribution < -0.4 is 0 Å². The van der Waals surface area contributed by atoms with Gasteiger partial charge in [0.15, 0.2) is 0 Å². The molecule has 4 rings (SSSR count). The fourth-order valence-electron chi connectivity index (χ4n) is 7.36. The molecule has 0 aliphatic heterocycles. The Labute approximate surface area is 133 Å². The molecule has 0 heterocycles. The van der Waals surface area contributed by atoms with Crippen molar-refractivity contribution >= 4 is 5.97 Å². The maximum Gasteiger partial charge on any atom is 0.306 e. The number of hydrogen-bond acceptors (Lipinski definition) is 2. The Morgan fingerprint density at radius 1 is 1.00 bits per heavy atom. The molecule has 3 heteroatoms.